The quantitative estimate of drug-likeness (QED) is 0.181. The average molecular weight is 721 g/mol. The van der Waals surface area contributed by atoms with E-state index in [2.05, 4.69) is 132 Å². The minimum absolute atomic E-state index is 0.970. The van der Waals surface area contributed by atoms with E-state index in [-0.39, 0.29) is 0 Å². The first-order valence-corrected chi connectivity index (χ1v) is 20.1. The van der Waals surface area contributed by atoms with Crippen molar-refractivity contribution >= 4 is 44.4 Å². The number of fused-ring (bicyclic) bond motifs is 8. The van der Waals surface area contributed by atoms with E-state index in [1.54, 1.807) is 0 Å². The van der Waals surface area contributed by atoms with Gasteiger partial charge in [-0.2, -0.15) is 0 Å². The minimum atomic E-state index is 0.970. The lowest BCUT2D eigenvalue weighted by Gasteiger charge is -2.31. The maximum absolute atomic E-state index is 4.99. The molecule has 5 aromatic carbocycles. The standard InChI is InChI=1S/C52H40N4/c1-31-11-3-5-13-37(31)33-19-23-45-41(27-33)43-29-35-17-18-36-30-44-42-28-34(38-14-6-4-12-32(38)2)20-24-46(42)56(48-16-8-10-26-54-48)52(44)40-22-21-39(49(35)50(36)40)51(43)55(45)47-15-7-9-25-53-47/h3-16,19,23,25-30H,17-18,20-22,24H2,1-2H3. The second-order valence-electron chi connectivity index (χ2n) is 16.0. The molecule has 0 saturated carbocycles. The van der Waals surface area contributed by atoms with Gasteiger partial charge in [0.2, 0.25) is 0 Å². The fourth-order valence-corrected chi connectivity index (χ4v) is 10.6. The third-order valence-electron chi connectivity index (χ3n) is 13.0. The maximum Gasteiger partial charge on any atom is 0.137 e. The number of pyridine rings is 2. The Labute approximate surface area is 326 Å². The molecule has 0 saturated heterocycles. The molecule has 4 heteroatoms. The fraction of sp³-hybridized carbons (Fsp3) is 0.154. The highest BCUT2D eigenvalue weighted by Crippen LogP contribution is 2.52. The Hall–Kier alpha value is -6.52. The van der Waals surface area contributed by atoms with Crippen molar-refractivity contribution in [3.05, 3.63) is 178 Å². The van der Waals surface area contributed by atoms with Gasteiger partial charge in [-0.1, -0.05) is 66.7 Å². The summed E-state index contributed by atoms with van der Waals surface area (Å²) in [6, 6.07) is 42.4. The first-order valence-electron chi connectivity index (χ1n) is 20.1. The Morgan fingerprint density at radius 2 is 1.11 bits per heavy atom. The van der Waals surface area contributed by atoms with Gasteiger partial charge in [-0.3, -0.25) is 9.13 Å². The number of aromatic nitrogens is 4. The lowest BCUT2D eigenvalue weighted by Crippen LogP contribution is -2.16. The van der Waals surface area contributed by atoms with Crippen LogP contribution in [0.5, 0.6) is 0 Å². The van der Waals surface area contributed by atoms with Crippen molar-refractivity contribution in [3.63, 3.8) is 0 Å². The van der Waals surface area contributed by atoms with Crippen LogP contribution < -0.4 is 0 Å². The van der Waals surface area contributed by atoms with Crippen LogP contribution in [0.2, 0.25) is 0 Å². The van der Waals surface area contributed by atoms with Crippen LogP contribution in [0.15, 0.2) is 128 Å². The summed E-state index contributed by atoms with van der Waals surface area (Å²) in [6.45, 7) is 4.45. The Morgan fingerprint density at radius 3 is 1.77 bits per heavy atom. The average Bonchev–Trinajstić information content (AvgIpc) is 3.75. The van der Waals surface area contributed by atoms with Gasteiger partial charge in [0.25, 0.3) is 0 Å². The molecule has 9 aromatic rings. The summed E-state index contributed by atoms with van der Waals surface area (Å²) in [5.74, 6) is 1.98. The van der Waals surface area contributed by atoms with Crippen LogP contribution in [-0.2, 0) is 32.1 Å². The second kappa shape index (κ2) is 12.0. The molecule has 0 unspecified atom stereocenters. The van der Waals surface area contributed by atoms with Gasteiger partial charge >= 0.3 is 0 Å². The zero-order valence-electron chi connectivity index (χ0n) is 31.7. The van der Waals surface area contributed by atoms with Gasteiger partial charge in [-0.25, -0.2) is 9.97 Å². The molecular formula is C52H40N4. The molecule has 0 fully saturated rings. The number of aryl methyl sites for hydroxylation is 6. The number of benzene rings is 5. The summed E-state index contributed by atoms with van der Waals surface area (Å²) < 4.78 is 4.98. The molecule has 4 heterocycles. The molecule has 4 nitrogen and oxygen atoms in total. The molecule has 56 heavy (non-hydrogen) atoms. The Bertz CT molecular complexity index is 3140. The molecule has 12 rings (SSSR count). The molecule has 3 aliphatic carbocycles. The van der Waals surface area contributed by atoms with Crippen LogP contribution in [0.4, 0.5) is 0 Å². The third-order valence-corrected chi connectivity index (χ3v) is 13.0. The first kappa shape index (κ1) is 31.8. The first-order chi connectivity index (χ1) is 27.6. The highest BCUT2D eigenvalue weighted by atomic mass is 15.1. The predicted molar refractivity (Wildman–Crippen MR) is 231 cm³/mol. The van der Waals surface area contributed by atoms with E-state index < -0.39 is 0 Å². The van der Waals surface area contributed by atoms with Crippen molar-refractivity contribution in [2.24, 2.45) is 0 Å². The molecule has 0 aliphatic heterocycles. The Kier molecular flexibility index (Phi) is 6.81. The van der Waals surface area contributed by atoms with Crippen molar-refractivity contribution in [2.45, 2.75) is 52.4 Å². The Morgan fingerprint density at radius 1 is 0.500 bits per heavy atom. The lowest BCUT2D eigenvalue weighted by molar-refractivity contribution is 0.860. The fourth-order valence-electron chi connectivity index (χ4n) is 10.6. The minimum Gasteiger partial charge on any atom is -0.297 e. The summed E-state index contributed by atoms with van der Waals surface area (Å²) >= 11 is 0. The summed E-state index contributed by atoms with van der Waals surface area (Å²) in [5.41, 5.74) is 23.5. The molecule has 0 amide bonds. The van der Waals surface area contributed by atoms with E-state index in [0.717, 1.165) is 50.2 Å². The van der Waals surface area contributed by atoms with Crippen LogP contribution in [0.1, 0.15) is 56.6 Å². The highest BCUT2D eigenvalue weighted by molar-refractivity contribution is 6.14. The molecule has 0 N–H and O–H groups in total. The van der Waals surface area contributed by atoms with Crippen LogP contribution >= 0.6 is 0 Å². The van der Waals surface area contributed by atoms with Crippen molar-refractivity contribution in [2.75, 3.05) is 0 Å². The van der Waals surface area contributed by atoms with Crippen LogP contribution in [0, 0.1) is 13.8 Å². The Balaban J connectivity index is 1.15. The molecular weight excluding hydrogens is 681 g/mol. The van der Waals surface area contributed by atoms with E-state index in [1.165, 1.54) is 111 Å². The number of allylic oxidation sites excluding steroid dienone is 1. The number of hydrogen-bond acceptors (Lipinski definition) is 2. The second-order valence-corrected chi connectivity index (χ2v) is 16.0. The van der Waals surface area contributed by atoms with Gasteiger partial charge in [0.15, 0.2) is 0 Å². The van der Waals surface area contributed by atoms with Gasteiger partial charge in [0, 0.05) is 39.8 Å². The monoisotopic (exact) mass is 720 g/mol. The zero-order valence-corrected chi connectivity index (χ0v) is 31.7. The van der Waals surface area contributed by atoms with E-state index >= 15 is 0 Å². The van der Waals surface area contributed by atoms with Gasteiger partial charge < -0.3 is 0 Å². The molecule has 0 bridgehead atoms. The smallest absolute Gasteiger partial charge is 0.137 e. The predicted octanol–water partition coefficient (Wildman–Crippen LogP) is 12.2. The molecule has 0 spiro atoms. The van der Waals surface area contributed by atoms with Crippen LogP contribution in [-0.4, -0.2) is 19.1 Å². The normalized spacial score (nSPS) is 14.3. The van der Waals surface area contributed by atoms with E-state index in [0.29, 0.717) is 0 Å². The van der Waals surface area contributed by atoms with Crippen molar-refractivity contribution < 1.29 is 0 Å². The molecule has 4 aromatic heterocycles. The number of nitrogens with zero attached hydrogens (tertiary/aromatic N) is 4. The topological polar surface area (TPSA) is 35.6 Å². The van der Waals surface area contributed by atoms with Gasteiger partial charge in [0.05, 0.1) is 16.6 Å². The summed E-state index contributed by atoms with van der Waals surface area (Å²) in [4.78, 5) is 9.96. The van der Waals surface area contributed by atoms with Crippen molar-refractivity contribution in [1.82, 2.24) is 19.1 Å². The summed E-state index contributed by atoms with van der Waals surface area (Å²) in [5, 5.41) is 4.01. The maximum atomic E-state index is 4.99. The van der Waals surface area contributed by atoms with Gasteiger partial charge in [-0.15, -0.1) is 0 Å². The zero-order chi connectivity index (χ0) is 37.1. The largest absolute Gasteiger partial charge is 0.297 e. The number of hydrogen-bond donors (Lipinski definition) is 0. The summed E-state index contributed by atoms with van der Waals surface area (Å²) in [6.07, 6.45) is 12.4. The van der Waals surface area contributed by atoms with Crippen molar-refractivity contribution in [3.8, 4) is 33.9 Å². The van der Waals surface area contributed by atoms with Gasteiger partial charge in [-0.05, 0) is 174 Å². The van der Waals surface area contributed by atoms with Crippen molar-refractivity contribution in [1.29, 1.82) is 0 Å². The van der Waals surface area contributed by atoms with E-state index in [4.69, 9.17) is 9.97 Å². The van der Waals surface area contributed by atoms with Gasteiger partial charge in [0.1, 0.15) is 11.6 Å². The number of rotatable bonds is 4. The summed E-state index contributed by atoms with van der Waals surface area (Å²) in [7, 11) is 0. The van der Waals surface area contributed by atoms with E-state index in [1.807, 2.05) is 24.5 Å². The van der Waals surface area contributed by atoms with Crippen LogP contribution in [0.25, 0.3) is 78.2 Å². The lowest BCUT2D eigenvalue weighted by atomic mass is 9.73. The molecule has 268 valence electrons. The third kappa shape index (κ3) is 4.47. The van der Waals surface area contributed by atoms with E-state index in [9.17, 15) is 0 Å². The highest BCUT2D eigenvalue weighted by Gasteiger charge is 2.34. The molecule has 3 aliphatic rings. The SMILES string of the molecule is Cc1ccccc1C1=Cc2c(n(-c3ccccn3)c3c4c5c(cc23)CCc2cc3c6cc(-c7ccccc7C)ccc6n(-c6ccccn6)c3c(c2-5)CC4)CC1. The molecule has 0 atom stereocenters. The molecule has 0 radical (unpaired) electrons. The van der Waals surface area contributed by atoms with Crippen LogP contribution in [0.3, 0.4) is 0 Å².